The zero-order valence-corrected chi connectivity index (χ0v) is 7.61. The van der Waals surface area contributed by atoms with E-state index in [0.29, 0.717) is 0 Å². The van der Waals surface area contributed by atoms with Gasteiger partial charge in [0.05, 0.1) is 6.20 Å². The van der Waals surface area contributed by atoms with Crippen LogP contribution in [0.4, 0.5) is 0 Å². The molecule has 3 nitrogen and oxygen atoms in total. The van der Waals surface area contributed by atoms with E-state index in [1.54, 1.807) is 18.0 Å². The van der Waals surface area contributed by atoms with Crippen molar-refractivity contribution < 1.29 is 0 Å². The van der Waals surface area contributed by atoms with Crippen LogP contribution >= 0.6 is 11.8 Å². The Morgan fingerprint density at radius 1 is 1.00 bits per heavy atom. The van der Waals surface area contributed by atoms with Crippen LogP contribution in [0.25, 0.3) is 0 Å². The van der Waals surface area contributed by atoms with Gasteiger partial charge in [-0.2, -0.15) is 0 Å². The van der Waals surface area contributed by atoms with Gasteiger partial charge in [0.1, 0.15) is 5.03 Å². The number of hydrogen-bond acceptors (Lipinski definition) is 4. The van der Waals surface area contributed by atoms with Crippen LogP contribution in [-0.4, -0.2) is 15.4 Å². The Bertz CT molecular complexity index is 326. The molecule has 0 aliphatic carbocycles. The molecule has 2 rings (SSSR count). The van der Waals surface area contributed by atoms with Gasteiger partial charge >= 0.3 is 0 Å². The summed E-state index contributed by atoms with van der Waals surface area (Å²) < 4.78 is 0. The quantitative estimate of drug-likeness (QED) is 0.724. The average molecular weight is 189 g/mol. The molecule has 0 fully saturated rings. The second-order valence-corrected chi connectivity index (χ2v) is 3.47. The number of hydrogen-bond donors (Lipinski definition) is 0. The molecule has 0 atom stereocenters. The van der Waals surface area contributed by atoms with Gasteiger partial charge in [-0.05, 0) is 23.4 Å². The first kappa shape index (κ1) is 8.19. The summed E-state index contributed by atoms with van der Waals surface area (Å²) in [5.41, 5.74) is 0. The number of aromatic nitrogens is 3. The van der Waals surface area contributed by atoms with Crippen molar-refractivity contribution in [1.82, 2.24) is 15.4 Å². The average Bonchev–Trinajstić information content (AvgIpc) is 2.21. The van der Waals surface area contributed by atoms with Crippen molar-refractivity contribution in [2.45, 2.75) is 9.92 Å². The second kappa shape index (κ2) is 4.00. The van der Waals surface area contributed by atoms with Crippen LogP contribution in [0.2, 0.25) is 0 Å². The summed E-state index contributed by atoms with van der Waals surface area (Å²) in [7, 11) is 0. The number of nitrogens with zero attached hydrogens (tertiary/aromatic N) is 3. The van der Waals surface area contributed by atoms with Gasteiger partial charge in [-0.25, -0.2) is 0 Å². The summed E-state index contributed by atoms with van der Waals surface area (Å²) in [4.78, 5) is 1.16. The maximum atomic E-state index is 3.88. The Hall–Kier alpha value is -1.42. The lowest BCUT2D eigenvalue weighted by Crippen LogP contribution is -1.86. The zero-order chi connectivity index (χ0) is 8.93. The third kappa shape index (κ3) is 2.26. The number of benzene rings is 1. The molecule has 1 aromatic heterocycles. The molecule has 0 aliphatic heterocycles. The molecule has 0 N–H and O–H groups in total. The maximum Gasteiger partial charge on any atom is 0.127 e. The molecular weight excluding hydrogens is 182 g/mol. The van der Waals surface area contributed by atoms with Crippen molar-refractivity contribution in [2.75, 3.05) is 0 Å². The molecule has 2 aromatic rings. The van der Waals surface area contributed by atoms with Gasteiger partial charge in [-0.3, -0.25) is 0 Å². The van der Waals surface area contributed by atoms with Gasteiger partial charge in [-0.15, -0.1) is 10.2 Å². The Balaban J connectivity index is 2.16. The summed E-state index contributed by atoms with van der Waals surface area (Å²) in [6, 6.07) is 11.9. The Labute approximate surface area is 80.2 Å². The van der Waals surface area contributed by atoms with Crippen molar-refractivity contribution >= 4 is 11.8 Å². The highest BCUT2D eigenvalue weighted by Gasteiger charge is 1.96. The largest absolute Gasteiger partial charge is 0.139 e. The first-order valence-corrected chi connectivity index (χ1v) is 4.64. The SMILES string of the molecule is c1ccc(Sc2ccnnn2)cc1. The third-order valence-electron chi connectivity index (χ3n) is 1.44. The first-order valence-electron chi connectivity index (χ1n) is 3.82. The molecule has 0 saturated heterocycles. The van der Waals surface area contributed by atoms with Gasteiger partial charge in [0.15, 0.2) is 0 Å². The van der Waals surface area contributed by atoms with Crippen LogP contribution in [0.3, 0.4) is 0 Å². The van der Waals surface area contributed by atoms with Gasteiger partial charge in [0.25, 0.3) is 0 Å². The molecule has 64 valence electrons. The fourth-order valence-corrected chi connectivity index (χ4v) is 1.63. The lowest BCUT2D eigenvalue weighted by molar-refractivity contribution is 0.804. The monoisotopic (exact) mass is 189 g/mol. The van der Waals surface area contributed by atoms with Crippen LogP contribution < -0.4 is 0 Å². The predicted octanol–water partition coefficient (Wildman–Crippen LogP) is 2.02. The molecule has 4 heteroatoms. The Morgan fingerprint density at radius 3 is 2.54 bits per heavy atom. The van der Waals surface area contributed by atoms with Crippen molar-refractivity contribution in [3.05, 3.63) is 42.6 Å². The van der Waals surface area contributed by atoms with Crippen LogP contribution in [0, 0.1) is 0 Å². The van der Waals surface area contributed by atoms with Crippen molar-refractivity contribution in [3.8, 4) is 0 Å². The molecule has 0 aliphatic rings. The minimum Gasteiger partial charge on any atom is -0.139 e. The van der Waals surface area contributed by atoms with Crippen LogP contribution in [-0.2, 0) is 0 Å². The molecule has 0 amide bonds. The van der Waals surface area contributed by atoms with E-state index in [0.717, 1.165) is 9.92 Å². The molecular formula is C9H7N3S. The molecule has 0 bridgehead atoms. The number of rotatable bonds is 2. The van der Waals surface area contributed by atoms with E-state index < -0.39 is 0 Å². The second-order valence-electron chi connectivity index (χ2n) is 2.37. The molecule has 13 heavy (non-hydrogen) atoms. The van der Waals surface area contributed by atoms with E-state index in [2.05, 4.69) is 15.4 Å². The highest BCUT2D eigenvalue weighted by molar-refractivity contribution is 7.99. The minimum atomic E-state index is 0.862. The van der Waals surface area contributed by atoms with E-state index >= 15 is 0 Å². The Morgan fingerprint density at radius 2 is 1.85 bits per heavy atom. The van der Waals surface area contributed by atoms with Crippen LogP contribution in [0.5, 0.6) is 0 Å². The van der Waals surface area contributed by atoms with E-state index in [1.165, 1.54) is 0 Å². The van der Waals surface area contributed by atoms with E-state index in [-0.39, 0.29) is 0 Å². The van der Waals surface area contributed by atoms with Gasteiger partial charge in [0, 0.05) is 4.90 Å². The van der Waals surface area contributed by atoms with E-state index in [9.17, 15) is 0 Å². The third-order valence-corrected chi connectivity index (χ3v) is 2.38. The normalized spacial score (nSPS) is 9.85. The van der Waals surface area contributed by atoms with E-state index in [4.69, 9.17) is 0 Å². The van der Waals surface area contributed by atoms with Crippen LogP contribution in [0.1, 0.15) is 0 Å². The molecule has 0 radical (unpaired) electrons. The van der Waals surface area contributed by atoms with Crippen molar-refractivity contribution in [2.24, 2.45) is 0 Å². The maximum absolute atomic E-state index is 3.88. The van der Waals surface area contributed by atoms with Gasteiger partial charge < -0.3 is 0 Å². The van der Waals surface area contributed by atoms with Crippen molar-refractivity contribution in [1.29, 1.82) is 0 Å². The molecule has 0 unspecified atom stereocenters. The van der Waals surface area contributed by atoms with Gasteiger partial charge in [-0.1, -0.05) is 30.0 Å². The first-order chi connectivity index (χ1) is 6.45. The highest BCUT2D eigenvalue weighted by Crippen LogP contribution is 2.23. The van der Waals surface area contributed by atoms with Crippen LogP contribution in [0.15, 0.2) is 52.5 Å². The molecule has 1 aromatic carbocycles. The smallest absolute Gasteiger partial charge is 0.127 e. The fraction of sp³-hybridized carbons (Fsp3) is 0. The van der Waals surface area contributed by atoms with Gasteiger partial charge in [0.2, 0.25) is 0 Å². The zero-order valence-electron chi connectivity index (χ0n) is 6.79. The molecule has 1 heterocycles. The summed E-state index contributed by atoms with van der Waals surface area (Å²) in [5.74, 6) is 0. The van der Waals surface area contributed by atoms with Crippen molar-refractivity contribution in [3.63, 3.8) is 0 Å². The fourth-order valence-electron chi connectivity index (χ4n) is 0.894. The predicted molar refractivity (Wildman–Crippen MR) is 50.4 cm³/mol. The lowest BCUT2D eigenvalue weighted by Gasteiger charge is -1.96. The molecule has 0 spiro atoms. The topological polar surface area (TPSA) is 38.7 Å². The summed E-state index contributed by atoms with van der Waals surface area (Å²) in [6.45, 7) is 0. The standard InChI is InChI=1S/C9H7N3S/c1-2-4-8(5-3-1)13-9-6-7-10-12-11-9/h1-7H. The van der Waals surface area contributed by atoms with E-state index in [1.807, 2.05) is 36.4 Å². The summed E-state index contributed by atoms with van der Waals surface area (Å²) >= 11 is 1.57. The molecule has 0 saturated carbocycles. The summed E-state index contributed by atoms with van der Waals surface area (Å²) in [5, 5.41) is 11.9. The highest BCUT2D eigenvalue weighted by atomic mass is 32.2. The lowest BCUT2D eigenvalue weighted by atomic mass is 10.4. The summed E-state index contributed by atoms with van der Waals surface area (Å²) in [6.07, 6.45) is 1.64. The minimum absolute atomic E-state index is 0.862. The Kier molecular flexibility index (Phi) is 2.52.